The topological polar surface area (TPSA) is 67.2 Å². The molecule has 2 aromatic rings. The summed E-state index contributed by atoms with van der Waals surface area (Å²) in [6.07, 6.45) is 0. The summed E-state index contributed by atoms with van der Waals surface area (Å²) in [5.41, 5.74) is 2.39. The number of hydrogen-bond acceptors (Lipinski definition) is 4. The highest BCUT2D eigenvalue weighted by Gasteiger charge is 2.09. The highest BCUT2D eigenvalue weighted by atomic mass is 35.5. The van der Waals surface area contributed by atoms with Crippen molar-refractivity contribution in [2.45, 2.75) is 13.5 Å². The van der Waals surface area contributed by atoms with Gasteiger partial charge in [0.1, 0.15) is 0 Å². The van der Waals surface area contributed by atoms with Crippen molar-refractivity contribution in [1.29, 1.82) is 0 Å². The Morgan fingerprint density at radius 2 is 1.81 bits per heavy atom. The molecule has 0 unspecified atom stereocenters. The molecule has 0 aliphatic heterocycles. The van der Waals surface area contributed by atoms with Gasteiger partial charge in [0.05, 0.1) is 4.92 Å². The first kappa shape index (κ1) is 15.1. The Balaban J connectivity index is 2.19. The van der Waals surface area contributed by atoms with Gasteiger partial charge in [-0.05, 0) is 24.6 Å². The maximum atomic E-state index is 11.0. The fourth-order valence-electron chi connectivity index (χ4n) is 1.96. The maximum Gasteiger partial charge on any atom is 0.273 e. The van der Waals surface area contributed by atoms with Crippen molar-refractivity contribution in [2.75, 3.05) is 17.2 Å². The highest BCUT2D eigenvalue weighted by molar-refractivity contribution is 6.31. The summed E-state index contributed by atoms with van der Waals surface area (Å²) in [5.74, 6) is 0. The Labute approximate surface area is 128 Å². The number of nitrogens with zero attached hydrogens (tertiary/aromatic N) is 1. The van der Waals surface area contributed by atoms with E-state index in [-0.39, 0.29) is 5.69 Å². The molecule has 0 spiro atoms. The minimum Gasteiger partial charge on any atom is -0.385 e. The Hall–Kier alpha value is -2.27. The molecule has 0 aliphatic carbocycles. The first-order chi connectivity index (χ1) is 10.1. The Kier molecular flexibility index (Phi) is 5.00. The van der Waals surface area contributed by atoms with E-state index in [4.69, 9.17) is 11.6 Å². The summed E-state index contributed by atoms with van der Waals surface area (Å²) >= 11 is 6.09. The van der Waals surface area contributed by atoms with Crippen LogP contribution in [0.1, 0.15) is 12.5 Å². The molecule has 0 amide bonds. The van der Waals surface area contributed by atoms with Crippen LogP contribution in [-0.2, 0) is 6.54 Å². The van der Waals surface area contributed by atoms with Crippen LogP contribution in [0.15, 0.2) is 42.5 Å². The van der Waals surface area contributed by atoms with Crippen molar-refractivity contribution >= 4 is 28.7 Å². The summed E-state index contributed by atoms with van der Waals surface area (Å²) in [4.78, 5) is 10.6. The largest absolute Gasteiger partial charge is 0.385 e. The number of rotatable bonds is 6. The van der Waals surface area contributed by atoms with Gasteiger partial charge in [0, 0.05) is 41.6 Å². The van der Waals surface area contributed by atoms with Gasteiger partial charge in [-0.3, -0.25) is 10.1 Å². The first-order valence-electron chi connectivity index (χ1n) is 6.60. The molecule has 6 heteroatoms. The van der Waals surface area contributed by atoms with Crippen molar-refractivity contribution in [1.82, 2.24) is 0 Å². The second kappa shape index (κ2) is 6.95. The molecular formula is C15H16ClN3O2. The van der Waals surface area contributed by atoms with Gasteiger partial charge in [0.2, 0.25) is 0 Å². The predicted molar refractivity (Wildman–Crippen MR) is 86.0 cm³/mol. The van der Waals surface area contributed by atoms with E-state index >= 15 is 0 Å². The quantitative estimate of drug-likeness (QED) is 0.617. The first-order valence-corrected chi connectivity index (χ1v) is 6.98. The van der Waals surface area contributed by atoms with Crippen molar-refractivity contribution < 1.29 is 4.92 Å². The lowest BCUT2D eigenvalue weighted by Gasteiger charge is -2.10. The highest BCUT2D eigenvalue weighted by Crippen LogP contribution is 2.25. The molecule has 0 atom stereocenters. The van der Waals surface area contributed by atoms with Crippen molar-refractivity contribution in [2.24, 2.45) is 0 Å². The molecule has 0 saturated carbocycles. The molecule has 0 saturated heterocycles. The Morgan fingerprint density at radius 3 is 2.43 bits per heavy atom. The van der Waals surface area contributed by atoms with E-state index in [0.29, 0.717) is 29.5 Å². The van der Waals surface area contributed by atoms with Crippen molar-refractivity contribution in [3.05, 3.63) is 63.2 Å². The Morgan fingerprint density at radius 1 is 1.14 bits per heavy atom. The monoisotopic (exact) mass is 305 g/mol. The van der Waals surface area contributed by atoms with Gasteiger partial charge in [-0.25, -0.2) is 0 Å². The van der Waals surface area contributed by atoms with Gasteiger partial charge in [-0.2, -0.15) is 0 Å². The molecule has 2 rings (SSSR count). The number of anilines is 2. The molecule has 0 fully saturated rings. The third-order valence-corrected chi connectivity index (χ3v) is 3.32. The van der Waals surface area contributed by atoms with Gasteiger partial charge >= 0.3 is 0 Å². The van der Waals surface area contributed by atoms with Crippen LogP contribution < -0.4 is 10.6 Å². The molecule has 0 radical (unpaired) electrons. The molecule has 0 heterocycles. The Bertz CT molecular complexity index is 647. The van der Waals surface area contributed by atoms with E-state index in [2.05, 4.69) is 10.6 Å². The number of halogens is 1. The normalized spacial score (nSPS) is 10.2. The summed E-state index contributed by atoms with van der Waals surface area (Å²) in [5, 5.41) is 17.9. The van der Waals surface area contributed by atoms with Gasteiger partial charge in [0.25, 0.3) is 5.69 Å². The lowest BCUT2D eigenvalue weighted by Crippen LogP contribution is -2.03. The lowest BCUT2D eigenvalue weighted by atomic mass is 10.2. The summed E-state index contributed by atoms with van der Waals surface area (Å²) < 4.78 is 0. The molecular weight excluding hydrogens is 290 g/mol. The third-order valence-electron chi connectivity index (χ3n) is 2.95. The van der Waals surface area contributed by atoms with E-state index in [1.54, 1.807) is 0 Å². The van der Waals surface area contributed by atoms with Gasteiger partial charge in [-0.15, -0.1) is 0 Å². The number of benzene rings is 2. The number of nitrogens with one attached hydrogen (secondary N) is 2. The van der Waals surface area contributed by atoms with Crippen LogP contribution >= 0.6 is 11.6 Å². The number of nitro benzene ring substituents is 1. The molecule has 2 aromatic carbocycles. The zero-order chi connectivity index (χ0) is 15.2. The van der Waals surface area contributed by atoms with Gasteiger partial charge in [0.15, 0.2) is 0 Å². The predicted octanol–water partition coefficient (Wildman–Crippen LogP) is 4.29. The molecule has 21 heavy (non-hydrogen) atoms. The number of non-ortho nitro benzene ring substituents is 1. The summed E-state index contributed by atoms with van der Waals surface area (Å²) in [6.45, 7) is 3.15. The van der Waals surface area contributed by atoms with Crippen LogP contribution in [0.2, 0.25) is 5.02 Å². The second-order valence-electron chi connectivity index (χ2n) is 4.50. The summed E-state index contributed by atoms with van der Waals surface area (Å²) in [7, 11) is 0. The minimum atomic E-state index is -0.401. The molecule has 110 valence electrons. The average Bonchev–Trinajstić information content (AvgIpc) is 2.46. The average molecular weight is 306 g/mol. The van der Waals surface area contributed by atoms with E-state index < -0.39 is 4.92 Å². The van der Waals surface area contributed by atoms with Crippen LogP contribution in [0.4, 0.5) is 17.1 Å². The second-order valence-corrected chi connectivity index (χ2v) is 4.91. The van der Waals surface area contributed by atoms with Crippen LogP contribution in [0, 0.1) is 10.1 Å². The zero-order valence-corrected chi connectivity index (χ0v) is 12.4. The van der Waals surface area contributed by atoms with Crippen LogP contribution in [-0.4, -0.2) is 11.5 Å². The van der Waals surface area contributed by atoms with E-state index in [1.807, 2.05) is 37.3 Å². The van der Waals surface area contributed by atoms with Crippen molar-refractivity contribution in [3.63, 3.8) is 0 Å². The lowest BCUT2D eigenvalue weighted by molar-refractivity contribution is -0.384. The number of hydrogen-bond donors (Lipinski definition) is 2. The smallest absolute Gasteiger partial charge is 0.273 e. The van der Waals surface area contributed by atoms with Gasteiger partial charge in [-0.1, -0.05) is 29.8 Å². The van der Waals surface area contributed by atoms with E-state index in [0.717, 1.165) is 5.56 Å². The van der Waals surface area contributed by atoms with Crippen LogP contribution in [0.25, 0.3) is 0 Å². The maximum absolute atomic E-state index is 11.0. The minimum absolute atomic E-state index is 0.0510. The SMILES string of the molecule is CCNc1cc(NCc2ccccc2Cl)cc([N+](=O)[O-])c1. The summed E-state index contributed by atoms with van der Waals surface area (Å²) in [6, 6.07) is 12.4. The molecule has 2 N–H and O–H groups in total. The van der Waals surface area contributed by atoms with Crippen molar-refractivity contribution in [3.8, 4) is 0 Å². The molecule has 5 nitrogen and oxygen atoms in total. The van der Waals surface area contributed by atoms with E-state index in [1.165, 1.54) is 12.1 Å². The molecule has 0 bridgehead atoms. The number of nitro groups is 1. The standard InChI is InChI=1S/C15H16ClN3O2/c1-2-17-12-7-13(9-14(8-12)19(20)21)18-10-11-5-3-4-6-15(11)16/h3-9,17-18H,2,10H2,1H3. The fraction of sp³-hybridized carbons (Fsp3) is 0.200. The van der Waals surface area contributed by atoms with Gasteiger partial charge < -0.3 is 10.6 Å². The molecule has 0 aliphatic rings. The third kappa shape index (κ3) is 4.10. The zero-order valence-electron chi connectivity index (χ0n) is 11.6. The van der Waals surface area contributed by atoms with Crippen LogP contribution in [0.5, 0.6) is 0 Å². The molecule has 0 aromatic heterocycles. The van der Waals surface area contributed by atoms with Crippen LogP contribution in [0.3, 0.4) is 0 Å². The van der Waals surface area contributed by atoms with E-state index in [9.17, 15) is 10.1 Å². The fourth-order valence-corrected chi connectivity index (χ4v) is 2.17.